The number of carbonyl (C=O) groups is 1. The molecule has 1 atom stereocenters. The molecule has 94 valence electrons. The van der Waals surface area contributed by atoms with Crippen molar-refractivity contribution >= 4 is 5.91 Å². The topological polar surface area (TPSA) is 57.0 Å². The Kier molecular flexibility index (Phi) is 3.89. The molecule has 1 amide bonds. The van der Waals surface area contributed by atoms with E-state index in [4.69, 9.17) is 0 Å². The molecule has 0 saturated heterocycles. The Morgan fingerprint density at radius 1 is 1.21 bits per heavy atom. The van der Waals surface area contributed by atoms with Crippen LogP contribution in [0.15, 0.2) is 54.7 Å². The summed E-state index contributed by atoms with van der Waals surface area (Å²) in [6, 6.07) is 15.6. The van der Waals surface area contributed by atoms with E-state index < -0.39 is 6.04 Å². The zero-order valence-electron chi connectivity index (χ0n) is 10.5. The molecule has 2 aromatic rings. The molecule has 1 heterocycles. The third kappa shape index (κ3) is 2.78. The van der Waals surface area contributed by atoms with Gasteiger partial charge in [-0.3, -0.25) is 9.78 Å². The fraction of sp³-hybridized carbons (Fsp3) is 0.133. The van der Waals surface area contributed by atoms with Gasteiger partial charge < -0.3 is 4.90 Å². The van der Waals surface area contributed by atoms with Gasteiger partial charge in [0, 0.05) is 18.8 Å². The summed E-state index contributed by atoms with van der Waals surface area (Å²) in [5, 5.41) is 9.26. The minimum Gasteiger partial charge on any atom is -0.320 e. The lowest BCUT2D eigenvalue weighted by Crippen LogP contribution is -2.30. The first-order valence-electron chi connectivity index (χ1n) is 5.87. The largest absolute Gasteiger partial charge is 0.320 e. The first-order chi connectivity index (χ1) is 9.24. The fourth-order valence-corrected chi connectivity index (χ4v) is 1.79. The third-order valence-electron chi connectivity index (χ3n) is 2.82. The van der Waals surface area contributed by atoms with Crippen LogP contribution in [-0.2, 0) is 0 Å². The Hall–Kier alpha value is -2.67. The number of rotatable bonds is 3. The third-order valence-corrected chi connectivity index (χ3v) is 2.82. The van der Waals surface area contributed by atoms with Gasteiger partial charge in [0.2, 0.25) is 0 Å². The van der Waals surface area contributed by atoms with E-state index in [-0.39, 0.29) is 5.91 Å². The number of nitriles is 1. The van der Waals surface area contributed by atoms with Crippen molar-refractivity contribution in [2.45, 2.75) is 6.04 Å². The molecule has 0 radical (unpaired) electrons. The summed E-state index contributed by atoms with van der Waals surface area (Å²) in [5.41, 5.74) is 1.12. The lowest BCUT2D eigenvalue weighted by Gasteiger charge is -2.22. The van der Waals surface area contributed by atoms with Crippen molar-refractivity contribution in [3.05, 3.63) is 66.0 Å². The van der Waals surface area contributed by atoms with Crippen LogP contribution >= 0.6 is 0 Å². The summed E-state index contributed by atoms with van der Waals surface area (Å²) >= 11 is 0. The Morgan fingerprint density at radius 2 is 1.89 bits per heavy atom. The minimum absolute atomic E-state index is 0.196. The van der Waals surface area contributed by atoms with Gasteiger partial charge in [-0.25, -0.2) is 0 Å². The molecular weight excluding hydrogens is 238 g/mol. The van der Waals surface area contributed by atoms with Crippen molar-refractivity contribution in [1.82, 2.24) is 9.88 Å². The molecule has 0 spiro atoms. The summed E-state index contributed by atoms with van der Waals surface area (Å²) < 4.78 is 0. The number of carbonyl (C=O) groups excluding carboxylic acids is 1. The highest BCUT2D eigenvalue weighted by atomic mass is 16.2. The van der Waals surface area contributed by atoms with Crippen LogP contribution in [0.4, 0.5) is 0 Å². The van der Waals surface area contributed by atoms with E-state index in [9.17, 15) is 10.1 Å². The molecule has 4 heteroatoms. The van der Waals surface area contributed by atoms with Gasteiger partial charge in [-0.1, -0.05) is 24.3 Å². The van der Waals surface area contributed by atoms with Crippen LogP contribution in [0.1, 0.15) is 22.1 Å². The molecule has 0 bridgehead atoms. The van der Waals surface area contributed by atoms with Crippen LogP contribution in [0.2, 0.25) is 0 Å². The van der Waals surface area contributed by atoms with Gasteiger partial charge in [0.1, 0.15) is 0 Å². The van der Waals surface area contributed by atoms with Crippen LogP contribution < -0.4 is 0 Å². The molecule has 0 aliphatic rings. The zero-order valence-corrected chi connectivity index (χ0v) is 10.5. The van der Waals surface area contributed by atoms with Gasteiger partial charge in [-0.15, -0.1) is 0 Å². The van der Waals surface area contributed by atoms with Gasteiger partial charge in [0.25, 0.3) is 5.91 Å². The van der Waals surface area contributed by atoms with Crippen LogP contribution in [0.5, 0.6) is 0 Å². The zero-order chi connectivity index (χ0) is 13.7. The molecule has 2 rings (SSSR count). The number of benzene rings is 1. The van der Waals surface area contributed by atoms with Crippen LogP contribution in [-0.4, -0.2) is 22.8 Å². The number of nitrogens with zero attached hydrogens (tertiary/aromatic N) is 3. The summed E-state index contributed by atoms with van der Waals surface area (Å²) in [6.45, 7) is 0. The van der Waals surface area contributed by atoms with Crippen molar-refractivity contribution in [3.8, 4) is 6.07 Å². The average molecular weight is 251 g/mol. The minimum atomic E-state index is -0.686. The lowest BCUT2D eigenvalue weighted by atomic mass is 10.1. The molecule has 1 aromatic heterocycles. The predicted molar refractivity (Wildman–Crippen MR) is 71.1 cm³/mol. The van der Waals surface area contributed by atoms with Crippen molar-refractivity contribution in [2.75, 3.05) is 7.05 Å². The van der Waals surface area contributed by atoms with Crippen LogP contribution in [0.3, 0.4) is 0 Å². The smallest absolute Gasteiger partial charge is 0.254 e. The van der Waals surface area contributed by atoms with Crippen molar-refractivity contribution in [2.24, 2.45) is 0 Å². The predicted octanol–water partition coefficient (Wildman–Crippen LogP) is 2.42. The second kappa shape index (κ2) is 5.78. The average Bonchev–Trinajstić information content (AvgIpc) is 2.49. The molecule has 0 aliphatic heterocycles. The van der Waals surface area contributed by atoms with Crippen LogP contribution in [0.25, 0.3) is 0 Å². The highest BCUT2D eigenvalue weighted by molar-refractivity contribution is 5.94. The van der Waals surface area contributed by atoms with Crippen molar-refractivity contribution in [1.29, 1.82) is 5.26 Å². The van der Waals surface area contributed by atoms with E-state index in [1.807, 2.05) is 6.07 Å². The summed E-state index contributed by atoms with van der Waals surface area (Å²) in [4.78, 5) is 17.8. The lowest BCUT2D eigenvalue weighted by molar-refractivity contribution is 0.0761. The van der Waals surface area contributed by atoms with Gasteiger partial charge in [0.05, 0.1) is 11.8 Å². The van der Waals surface area contributed by atoms with E-state index in [2.05, 4.69) is 11.1 Å². The highest BCUT2D eigenvalue weighted by Crippen LogP contribution is 2.18. The Bertz CT molecular complexity index is 590. The van der Waals surface area contributed by atoms with Crippen molar-refractivity contribution in [3.63, 3.8) is 0 Å². The Balaban J connectivity index is 2.26. The molecule has 1 aromatic carbocycles. The normalized spacial score (nSPS) is 11.4. The van der Waals surface area contributed by atoms with E-state index in [1.54, 1.807) is 55.7 Å². The summed E-state index contributed by atoms with van der Waals surface area (Å²) in [5.74, 6) is -0.196. The summed E-state index contributed by atoms with van der Waals surface area (Å²) in [7, 11) is 1.61. The number of aromatic nitrogens is 1. The first-order valence-corrected chi connectivity index (χ1v) is 5.87. The number of hydrogen-bond donors (Lipinski definition) is 0. The van der Waals surface area contributed by atoms with Gasteiger partial charge >= 0.3 is 0 Å². The molecule has 0 N–H and O–H groups in total. The van der Waals surface area contributed by atoms with Crippen molar-refractivity contribution < 1.29 is 4.79 Å². The standard InChI is InChI=1S/C15H13N3O/c1-18(15(19)12-7-3-2-4-8-12)14(11-16)13-9-5-6-10-17-13/h2-10,14H,1H3. The van der Waals surface area contributed by atoms with Gasteiger partial charge in [0.15, 0.2) is 6.04 Å². The van der Waals surface area contributed by atoms with Gasteiger partial charge in [-0.05, 0) is 24.3 Å². The molecule has 4 nitrogen and oxygen atoms in total. The quantitative estimate of drug-likeness (QED) is 0.841. The van der Waals surface area contributed by atoms with Gasteiger partial charge in [-0.2, -0.15) is 5.26 Å². The Morgan fingerprint density at radius 3 is 2.47 bits per heavy atom. The highest BCUT2D eigenvalue weighted by Gasteiger charge is 2.23. The molecule has 0 saturated carbocycles. The Labute approximate surface area is 111 Å². The van der Waals surface area contributed by atoms with E-state index in [0.29, 0.717) is 11.3 Å². The van der Waals surface area contributed by atoms with E-state index >= 15 is 0 Å². The number of amides is 1. The summed E-state index contributed by atoms with van der Waals surface area (Å²) in [6.07, 6.45) is 1.61. The molecule has 1 unspecified atom stereocenters. The second-order valence-corrected chi connectivity index (χ2v) is 4.07. The monoisotopic (exact) mass is 251 g/mol. The molecule has 19 heavy (non-hydrogen) atoms. The maximum atomic E-state index is 12.3. The maximum absolute atomic E-state index is 12.3. The maximum Gasteiger partial charge on any atom is 0.254 e. The van der Waals surface area contributed by atoms with E-state index in [0.717, 1.165) is 0 Å². The molecular formula is C15H13N3O. The van der Waals surface area contributed by atoms with E-state index in [1.165, 1.54) is 4.90 Å². The first kappa shape index (κ1) is 12.8. The SMILES string of the molecule is CN(C(=O)c1ccccc1)C(C#N)c1ccccn1. The second-order valence-electron chi connectivity index (χ2n) is 4.07. The van der Waals surface area contributed by atoms with Crippen LogP contribution in [0, 0.1) is 11.3 Å². The number of hydrogen-bond acceptors (Lipinski definition) is 3. The molecule has 0 fully saturated rings. The number of pyridine rings is 1. The molecule has 0 aliphatic carbocycles. The fourth-order valence-electron chi connectivity index (χ4n) is 1.79.